The van der Waals surface area contributed by atoms with E-state index in [1.165, 1.54) is 19.1 Å². The molecule has 5 nitrogen and oxygen atoms in total. The van der Waals surface area contributed by atoms with Crippen LogP contribution in [0.1, 0.15) is 20.8 Å². The van der Waals surface area contributed by atoms with Crippen LogP contribution in [-0.2, 0) is 19.6 Å². The van der Waals surface area contributed by atoms with E-state index >= 15 is 0 Å². The van der Waals surface area contributed by atoms with Gasteiger partial charge in [0.2, 0.25) is 0 Å². The van der Waals surface area contributed by atoms with Crippen LogP contribution in [0.3, 0.4) is 0 Å². The topological polar surface area (TPSA) is 72.8 Å². The summed E-state index contributed by atoms with van der Waals surface area (Å²) < 4.78 is 33.8. The highest BCUT2D eigenvalue weighted by Crippen LogP contribution is 2.21. The van der Waals surface area contributed by atoms with Gasteiger partial charge < -0.3 is 4.74 Å². The average molecular weight is 319 g/mol. The molecule has 1 aromatic rings. The Labute approximate surface area is 130 Å². The van der Waals surface area contributed by atoms with E-state index in [1.54, 1.807) is 37.3 Å². The predicted octanol–water partition coefficient (Wildman–Crippen LogP) is 2.65. The van der Waals surface area contributed by atoms with Crippen molar-refractivity contribution in [3.8, 4) is 0 Å². The Morgan fingerprint density at radius 2 is 1.82 bits per heavy atom. The van der Waals surface area contributed by atoms with E-state index in [9.17, 15) is 13.2 Å². The Balaban J connectivity index is 2.47. The number of ether oxygens (including phenoxy) is 1. The zero-order chi connectivity index (χ0) is 16.3. The first-order chi connectivity index (χ1) is 10.3. The number of benzene rings is 1. The van der Waals surface area contributed by atoms with E-state index < -0.39 is 22.1 Å². The Bertz CT molecular complexity index is 774. The zero-order valence-corrected chi connectivity index (χ0v) is 13.4. The molecular weight excluding hydrogens is 302 g/mol. The van der Waals surface area contributed by atoms with Gasteiger partial charge in [0.15, 0.2) is 6.10 Å². The van der Waals surface area contributed by atoms with Crippen LogP contribution in [0, 0.1) is 0 Å². The molecule has 1 unspecified atom stereocenters. The molecule has 0 saturated heterocycles. The van der Waals surface area contributed by atoms with Crippen molar-refractivity contribution < 1.29 is 17.9 Å². The molecule has 0 heterocycles. The van der Waals surface area contributed by atoms with Crippen LogP contribution in [0.5, 0.6) is 0 Å². The molecule has 116 valence electrons. The molecule has 0 amide bonds. The van der Waals surface area contributed by atoms with E-state index in [1.807, 2.05) is 6.92 Å². The molecule has 22 heavy (non-hydrogen) atoms. The van der Waals surface area contributed by atoms with Crippen LogP contribution in [0.25, 0.3) is 0 Å². The van der Waals surface area contributed by atoms with Crippen molar-refractivity contribution in [3.63, 3.8) is 0 Å². The molecule has 1 aliphatic rings. The Morgan fingerprint density at radius 1 is 1.18 bits per heavy atom. The van der Waals surface area contributed by atoms with Crippen molar-refractivity contribution in [1.29, 1.82) is 0 Å². The first-order valence-corrected chi connectivity index (χ1v) is 8.18. The van der Waals surface area contributed by atoms with Gasteiger partial charge in [0.25, 0.3) is 10.0 Å². The fourth-order valence-corrected chi connectivity index (χ4v) is 3.29. The monoisotopic (exact) mass is 319 g/mol. The van der Waals surface area contributed by atoms with E-state index in [0.717, 1.165) is 5.57 Å². The molecule has 1 aromatic carbocycles. The molecule has 6 heteroatoms. The lowest BCUT2D eigenvalue weighted by Gasteiger charge is -2.21. The maximum absolute atomic E-state index is 12.4. The normalized spacial score (nSPS) is 20.3. The first-order valence-electron chi connectivity index (χ1n) is 6.74. The quantitative estimate of drug-likeness (QED) is 0.803. The number of hydrogen-bond acceptors (Lipinski definition) is 4. The van der Waals surface area contributed by atoms with Gasteiger partial charge in [-0.3, -0.25) is 4.79 Å². The van der Waals surface area contributed by atoms with Gasteiger partial charge in [0.1, 0.15) is 5.71 Å². The van der Waals surface area contributed by atoms with Gasteiger partial charge in [-0.05, 0) is 37.6 Å². The Kier molecular flexibility index (Phi) is 4.61. The molecule has 0 saturated carbocycles. The highest BCUT2D eigenvalue weighted by Gasteiger charge is 2.25. The van der Waals surface area contributed by atoms with Crippen LogP contribution in [0.4, 0.5) is 0 Å². The Hall–Kier alpha value is -2.21. The lowest BCUT2D eigenvalue weighted by Crippen LogP contribution is -2.29. The lowest BCUT2D eigenvalue weighted by atomic mass is 9.97. The average Bonchev–Trinajstić information content (AvgIpc) is 2.43. The fraction of sp³-hybridized carbons (Fsp3) is 0.250. The van der Waals surface area contributed by atoms with Gasteiger partial charge in [0.05, 0.1) is 4.90 Å². The maximum atomic E-state index is 12.4. The van der Waals surface area contributed by atoms with Crippen LogP contribution in [0.2, 0.25) is 0 Å². The predicted molar refractivity (Wildman–Crippen MR) is 84.1 cm³/mol. The summed E-state index contributed by atoms with van der Waals surface area (Å²) in [6, 6.07) is 7.94. The molecule has 0 bridgehead atoms. The number of rotatable bonds is 3. The second-order valence-corrected chi connectivity index (χ2v) is 6.64. The van der Waals surface area contributed by atoms with Crippen molar-refractivity contribution in [1.82, 2.24) is 0 Å². The van der Waals surface area contributed by atoms with E-state index in [2.05, 4.69) is 4.40 Å². The SMILES string of the molecule is CC(=O)OC1C=C(C)C=C(C)/C1=N/S(=O)(=O)c1ccccc1. The summed E-state index contributed by atoms with van der Waals surface area (Å²) in [5.41, 5.74) is 1.77. The Morgan fingerprint density at radius 3 is 2.41 bits per heavy atom. The van der Waals surface area contributed by atoms with Crippen LogP contribution in [0.15, 0.2) is 62.9 Å². The van der Waals surface area contributed by atoms with Crippen molar-refractivity contribution in [2.45, 2.75) is 31.8 Å². The molecule has 0 radical (unpaired) electrons. The lowest BCUT2D eigenvalue weighted by molar-refractivity contribution is -0.141. The number of allylic oxidation sites excluding steroid dienone is 2. The highest BCUT2D eigenvalue weighted by molar-refractivity contribution is 7.90. The number of carbonyl (C=O) groups excluding carboxylic acids is 1. The zero-order valence-electron chi connectivity index (χ0n) is 12.6. The molecule has 0 fully saturated rings. The molecule has 2 rings (SSSR count). The summed E-state index contributed by atoms with van der Waals surface area (Å²) in [6.07, 6.45) is 2.69. The van der Waals surface area contributed by atoms with E-state index in [4.69, 9.17) is 4.74 Å². The third-order valence-electron chi connectivity index (χ3n) is 3.08. The van der Waals surface area contributed by atoms with Gasteiger partial charge in [-0.1, -0.05) is 29.8 Å². The molecule has 1 atom stereocenters. The van der Waals surface area contributed by atoms with Gasteiger partial charge in [-0.25, -0.2) is 0 Å². The second-order valence-electron chi connectivity index (χ2n) is 5.03. The third kappa shape index (κ3) is 3.71. The number of sulfonamides is 1. The summed E-state index contributed by atoms with van der Waals surface area (Å²) >= 11 is 0. The number of carbonyl (C=O) groups is 1. The number of hydrogen-bond donors (Lipinski definition) is 0. The van der Waals surface area contributed by atoms with Gasteiger partial charge in [-0.2, -0.15) is 12.8 Å². The smallest absolute Gasteiger partial charge is 0.303 e. The maximum Gasteiger partial charge on any atom is 0.303 e. The third-order valence-corrected chi connectivity index (χ3v) is 4.39. The number of nitrogens with zero attached hydrogens (tertiary/aromatic N) is 1. The fourth-order valence-electron chi connectivity index (χ4n) is 2.17. The second kappa shape index (κ2) is 6.27. The standard InChI is InChI=1S/C16H17NO4S/c1-11-9-12(2)16(15(10-11)21-13(3)18)17-22(19,20)14-7-5-4-6-8-14/h4-10,15H,1-3H3/b17-16-. The minimum absolute atomic E-state index is 0.100. The van der Waals surface area contributed by atoms with Gasteiger partial charge >= 0.3 is 5.97 Å². The molecule has 0 aromatic heterocycles. The minimum Gasteiger partial charge on any atom is -0.452 e. The summed E-state index contributed by atoms with van der Waals surface area (Å²) in [5, 5.41) is 0. The molecule has 1 aliphatic carbocycles. The highest BCUT2D eigenvalue weighted by atomic mass is 32.2. The van der Waals surface area contributed by atoms with Crippen LogP contribution in [-0.4, -0.2) is 26.2 Å². The van der Waals surface area contributed by atoms with E-state index in [0.29, 0.717) is 5.57 Å². The van der Waals surface area contributed by atoms with Crippen molar-refractivity contribution in [2.24, 2.45) is 4.40 Å². The van der Waals surface area contributed by atoms with Crippen LogP contribution >= 0.6 is 0 Å². The van der Waals surface area contributed by atoms with Crippen molar-refractivity contribution >= 4 is 21.7 Å². The summed E-state index contributed by atoms with van der Waals surface area (Å²) in [7, 11) is -3.85. The van der Waals surface area contributed by atoms with E-state index in [-0.39, 0.29) is 10.6 Å². The summed E-state index contributed by atoms with van der Waals surface area (Å²) in [6.45, 7) is 4.87. The number of esters is 1. The first kappa shape index (κ1) is 16.2. The molecular formula is C16H17NO4S. The summed E-state index contributed by atoms with van der Waals surface area (Å²) in [5.74, 6) is -0.492. The molecule has 0 aliphatic heterocycles. The van der Waals surface area contributed by atoms with Gasteiger partial charge in [-0.15, -0.1) is 0 Å². The molecule has 0 spiro atoms. The van der Waals surface area contributed by atoms with Crippen molar-refractivity contribution in [2.75, 3.05) is 0 Å². The van der Waals surface area contributed by atoms with Crippen molar-refractivity contribution in [3.05, 3.63) is 53.6 Å². The minimum atomic E-state index is -3.85. The summed E-state index contributed by atoms with van der Waals surface area (Å²) in [4.78, 5) is 11.3. The largest absolute Gasteiger partial charge is 0.452 e. The molecule has 0 N–H and O–H groups in total. The van der Waals surface area contributed by atoms with Crippen LogP contribution < -0.4 is 0 Å². The van der Waals surface area contributed by atoms with Gasteiger partial charge in [0, 0.05) is 6.92 Å².